The van der Waals surface area contributed by atoms with Crippen molar-refractivity contribution < 1.29 is 19.1 Å². The standard InChI is InChI=1S/C24H35N3O4/c1-16(2)20-8-6-7-9-21(20)31-18(5)23(29)25-10-12-26(13-11-25)24(30)19-14-22(28)27(15-19)17(3)4/h6-9,16-19H,10-15H2,1-5H3. The Morgan fingerprint density at radius 3 is 2.16 bits per heavy atom. The molecule has 0 N–H and O–H groups in total. The van der Waals surface area contributed by atoms with Crippen molar-refractivity contribution in [1.82, 2.24) is 14.7 Å². The largest absolute Gasteiger partial charge is 0.481 e. The van der Waals surface area contributed by atoms with Crippen molar-refractivity contribution in [2.24, 2.45) is 5.92 Å². The van der Waals surface area contributed by atoms with Crippen LogP contribution in [-0.4, -0.2) is 77.3 Å². The van der Waals surface area contributed by atoms with Gasteiger partial charge in [0.25, 0.3) is 5.91 Å². The van der Waals surface area contributed by atoms with Gasteiger partial charge in [0, 0.05) is 45.2 Å². The first kappa shape index (κ1) is 23.1. The lowest BCUT2D eigenvalue weighted by molar-refractivity contribution is -0.145. The van der Waals surface area contributed by atoms with Crippen molar-refractivity contribution in [2.75, 3.05) is 32.7 Å². The predicted molar refractivity (Wildman–Crippen MR) is 119 cm³/mol. The first-order valence-electron chi connectivity index (χ1n) is 11.3. The molecule has 0 bridgehead atoms. The van der Waals surface area contributed by atoms with Crippen LogP contribution in [0, 0.1) is 5.92 Å². The minimum atomic E-state index is -0.589. The van der Waals surface area contributed by atoms with Gasteiger partial charge in [-0.25, -0.2) is 0 Å². The summed E-state index contributed by atoms with van der Waals surface area (Å²) in [4.78, 5) is 43.3. The summed E-state index contributed by atoms with van der Waals surface area (Å²) < 4.78 is 6.01. The van der Waals surface area contributed by atoms with E-state index in [9.17, 15) is 14.4 Å². The molecular formula is C24H35N3O4. The van der Waals surface area contributed by atoms with Gasteiger partial charge in [0.2, 0.25) is 11.8 Å². The van der Waals surface area contributed by atoms with Gasteiger partial charge < -0.3 is 19.4 Å². The Hall–Kier alpha value is -2.57. The summed E-state index contributed by atoms with van der Waals surface area (Å²) in [7, 11) is 0. The van der Waals surface area contributed by atoms with Gasteiger partial charge in [-0.2, -0.15) is 0 Å². The van der Waals surface area contributed by atoms with E-state index in [1.54, 1.807) is 21.6 Å². The molecule has 0 radical (unpaired) electrons. The number of ether oxygens (including phenoxy) is 1. The van der Waals surface area contributed by atoms with Crippen LogP contribution >= 0.6 is 0 Å². The number of rotatable bonds is 6. The molecule has 2 heterocycles. The van der Waals surface area contributed by atoms with E-state index in [1.807, 2.05) is 38.1 Å². The third-order valence-electron chi connectivity index (χ3n) is 6.23. The second-order valence-electron chi connectivity index (χ2n) is 9.14. The summed E-state index contributed by atoms with van der Waals surface area (Å²) in [6.07, 6.45) is -0.301. The first-order valence-corrected chi connectivity index (χ1v) is 11.3. The van der Waals surface area contributed by atoms with Crippen LogP contribution < -0.4 is 4.74 Å². The molecule has 1 aromatic rings. The molecule has 3 amide bonds. The molecule has 7 nitrogen and oxygen atoms in total. The van der Waals surface area contributed by atoms with Gasteiger partial charge in [0.05, 0.1) is 5.92 Å². The molecule has 3 rings (SSSR count). The van der Waals surface area contributed by atoms with Crippen LogP contribution in [0.5, 0.6) is 5.75 Å². The van der Waals surface area contributed by atoms with E-state index < -0.39 is 6.10 Å². The third kappa shape index (κ3) is 5.20. The summed E-state index contributed by atoms with van der Waals surface area (Å²) in [5, 5.41) is 0. The number of carbonyl (C=O) groups is 3. The van der Waals surface area contributed by atoms with E-state index >= 15 is 0 Å². The zero-order chi connectivity index (χ0) is 22.7. The second-order valence-corrected chi connectivity index (χ2v) is 9.14. The SMILES string of the molecule is CC(Oc1ccccc1C(C)C)C(=O)N1CCN(C(=O)C2CC(=O)N(C(C)C)C2)CC1. The highest BCUT2D eigenvalue weighted by atomic mass is 16.5. The highest BCUT2D eigenvalue weighted by Gasteiger charge is 2.38. The molecule has 7 heteroatoms. The Kier molecular flexibility index (Phi) is 7.23. The molecular weight excluding hydrogens is 394 g/mol. The van der Waals surface area contributed by atoms with Gasteiger partial charge >= 0.3 is 0 Å². The number of likely N-dealkylation sites (tertiary alicyclic amines) is 1. The molecule has 0 aromatic heterocycles. The van der Waals surface area contributed by atoms with E-state index in [0.29, 0.717) is 38.6 Å². The smallest absolute Gasteiger partial charge is 0.263 e. The van der Waals surface area contributed by atoms with Gasteiger partial charge in [0.1, 0.15) is 5.75 Å². The van der Waals surface area contributed by atoms with Gasteiger partial charge in [-0.3, -0.25) is 14.4 Å². The number of para-hydroxylation sites is 1. The zero-order valence-corrected chi connectivity index (χ0v) is 19.3. The number of amides is 3. The van der Waals surface area contributed by atoms with Crippen LogP contribution in [-0.2, 0) is 14.4 Å². The van der Waals surface area contributed by atoms with Crippen molar-refractivity contribution in [3.63, 3.8) is 0 Å². The Bertz CT molecular complexity index is 815. The highest BCUT2D eigenvalue weighted by Crippen LogP contribution is 2.27. The van der Waals surface area contributed by atoms with E-state index in [0.717, 1.165) is 11.3 Å². The molecule has 2 aliphatic rings. The summed E-state index contributed by atoms with van der Waals surface area (Å²) in [5.74, 6) is 0.795. The number of carbonyl (C=O) groups excluding carboxylic acids is 3. The lowest BCUT2D eigenvalue weighted by Crippen LogP contribution is -2.54. The number of benzene rings is 1. The van der Waals surface area contributed by atoms with Crippen molar-refractivity contribution in [3.05, 3.63) is 29.8 Å². The van der Waals surface area contributed by atoms with Crippen LogP contribution in [0.4, 0.5) is 0 Å². The van der Waals surface area contributed by atoms with Crippen LogP contribution in [0.2, 0.25) is 0 Å². The first-order chi connectivity index (χ1) is 14.7. The van der Waals surface area contributed by atoms with Gasteiger partial charge in [-0.1, -0.05) is 32.0 Å². The number of piperazine rings is 1. The Labute approximate surface area is 185 Å². The van der Waals surface area contributed by atoms with Crippen LogP contribution in [0.1, 0.15) is 52.5 Å². The molecule has 2 unspecified atom stereocenters. The highest BCUT2D eigenvalue weighted by molar-refractivity contribution is 5.89. The fourth-order valence-electron chi connectivity index (χ4n) is 4.36. The molecule has 0 saturated carbocycles. The minimum absolute atomic E-state index is 0.0266. The summed E-state index contributed by atoms with van der Waals surface area (Å²) in [5.41, 5.74) is 1.08. The maximum absolute atomic E-state index is 12.9. The molecule has 170 valence electrons. The summed E-state index contributed by atoms with van der Waals surface area (Å²) in [6.45, 7) is 12.4. The summed E-state index contributed by atoms with van der Waals surface area (Å²) >= 11 is 0. The molecule has 31 heavy (non-hydrogen) atoms. The topological polar surface area (TPSA) is 70.2 Å². The van der Waals surface area contributed by atoms with Crippen LogP contribution in [0.15, 0.2) is 24.3 Å². The molecule has 1 aromatic carbocycles. The normalized spacial score (nSPS) is 20.5. The third-order valence-corrected chi connectivity index (χ3v) is 6.23. The Morgan fingerprint density at radius 1 is 0.968 bits per heavy atom. The predicted octanol–water partition coefficient (Wildman–Crippen LogP) is 2.51. The average molecular weight is 430 g/mol. The quantitative estimate of drug-likeness (QED) is 0.697. The molecule has 2 fully saturated rings. The maximum Gasteiger partial charge on any atom is 0.263 e. The average Bonchev–Trinajstić information content (AvgIpc) is 3.15. The molecule has 2 atom stereocenters. The van der Waals surface area contributed by atoms with Crippen molar-refractivity contribution in [1.29, 1.82) is 0 Å². The van der Waals surface area contributed by atoms with E-state index in [4.69, 9.17) is 4.74 Å². The summed E-state index contributed by atoms with van der Waals surface area (Å²) in [6, 6.07) is 7.93. The Balaban J connectivity index is 1.53. The van der Waals surface area contributed by atoms with Crippen LogP contribution in [0.3, 0.4) is 0 Å². The Morgan fingerprint density at radius 2 is 1.58 bits per heavy atom. The molecule has 2 saturated heterocycles. The van der Waals surface area contributed by atoms with Gasteiger partial charge in [-0.05, 0) is 38.3 Å². The minimum Gasteiger partial charge on any atom is -0.481 e. The van der Waals surface area contributed by atoms with Gasteiger partial charge in [0.15, 0.2) is 6.10 Å². The second kappa shape index (κ2) is 9.71. The van der Waals surface area contributed by atoms with E-state index in [2.05, 4.69) is 13.8 Å². The fraction of sp³-hybridized carbons (Fsp3) is 0.625. The van der Waals surface area contributed by atoms with Gasteiger partial charge in [-0.15, -0.1) is 0 Å². The van der Waals surface area contributed by atoms with Crippen molar-refractivity contribution in [2.45, 2.75) is 59.1 Å². The zero-order valence-electron chi connectivity index (χ0n) is 19.3. The van der Waals surface area contributed by atoms with E-state index in [-0.39, 0.29) is 36.1 Å². The number of hydrogen-bond acceptors (Lipinski definition) is 4. The molecule has 0 spiro atoms. The fourth-order valence-corrected chi connectivity index (χ4v) is 4.36. The van der Waals surface area contributed by atoms with Crippen molar-refractivity contribution in [3.8, 4) is 5.75 Å². The maximum atomic E-state index is 12.9. The van der Waals surface area contributed by atoms with Crippen LogP contribution in [0.25, 0.3) is 0 Å². The number of nitrogens with zero attached hydrogens (tertiary/aromatic N) is 3. The lowest BCUT2D eigenvalue weighted by Gasteiger charge is -2.37. The van der Waals surface area contributed by atoms with Crippen molar-refractivity contribution >= 4 is 17.7 Å². The molecule has 2 aliphatic heterocycles. The monoisotopic (exact) mass is 429 g/mol. The molecule has 0 aliphatic carbocycles. The van der Waals surface area contributed by atoms with E-state index in [1.165, 1.54) is 0 Å². The number of hydrogen-bond donors (Lipinski definition) is 0. The lowest BCUT2D eigenvalue weighted by atomic mass is 10.0.